The summed E-state index contributed by atoms with van der Waals surface area (Å²) >= 11 is 0. The van der Waals surface area contributed by atoms with E-state index in [1.165, 1.54) is 17.5 Å². The lowest BCUT2D eigenvalue weighted by atomic mass is 10.2. The number of methoxy groups -OCH3 is 1. The second-order valence-corrected chi connectivity index (χ2v) is 6.70. The molecule has 1 aliphatic heterocycles. The summed E-state index contributed by atoms with van der Waals surface area (Å²) in [4.78, 5) is 11.8. The molecule has 0 spiro atoms. The van der Waals surface area contributed by atoms with Gasteiger partial charge in [0.05, 0.1) is 20.3 Å². The summed E-state index contributed by atoms with van der Waals surface area (Å²) in [6.07, 6.45) is 0. The SMILES string of the molecule is COc1cccc2cc(S(=O)(=O)N3CCOCC3)c(=O)oc12. The molecule has 1 aliphatic rings. The Morgan fingerprint density at radius 3 is 2.64 bits per heavy atom. The fraction of sp³-hybridized carbons (Fsp3) is 0.357. The largest absolute Gasteiger partial charge is 0.493 e. The Labute approximate surface area is 127 Å². The number of hydrogen-bond acceptors (Lipinski definition) is 6. The molecule has 0 amide bonds. The third kappa shape index (κ3) is 2.49. The van der Waals surface area contributed by atoms with Crippen LogP contribution in [0.15, 0.2) is 38.4 Å². The Morgan fingerprint density at radius 2 is 1.95 bits per heavy atom. The smallest absolute Gasteiger partial charge is 0.356 e. The predicted octanol–water partition coefficient (Wildman–Crippen LogP) is 0.823. The number of ether oxygens (including phenoxy) is 2. The van der Waals surface area contributed by atoms with Crippen LogP contribution in [0.4, 0.5) is 0 Å². The molecule has 0 aliphatic carbocycles. The molecular formula is C14H15NO6S. The van der Waals surface area contributed by atoms with Crippen molar-refractivity contribution >= 4 is 21.0 Å². The number of sulfonamides is 1. The number of benzene rings is 1. The normalized spacial score (nSPS) is 16.8. The van der Waals surface area contributed by atoms with Gasteiger partial charge in [-0.25, -0.2) is 13.2 Å². The Bertz CT molecular complexity index is 851. The van der Waals surface area contributed by atoms with Crippen molar-refractivity contribution in [1.82, 2.24) is 4.31 Å². The van der Waals surface area contributed by atoms with E-state index in [4.69, 9.17) is 13.9 Å². The highest BCUT2D eigenvalue weighted by Gasteiger charge is 2.30. The Hall–Kier alpha value is -1.90. The van der Waals surface area contributed by atoms with E-state index in [2.05, 4.69) is 0 Å². The number of para-hydroxylation sites is 1. The van der Waals surface area contributed by atoms with E-state index in [0.717, 1.165) is 0 Å². The molecule has 1 fully saturated rings. The molecule has 0 bridgehead atoms. The molecule has 7 nitrogen and oxygen atoms in total. The van der Waals surface area contributed by atoms with Gasteiger partial charge in [0.1, 0.15) is 0 Å². The van der Waals surface area contributed by atoms with Crippen LogP contribution in [0.25, 0.3) is 11.0 Å². The lowest BCUT2D eigenvalue weighted by Gasteiger charge is -2.25. The summed E-state index contributed by atoms with van der Waals surface area (Å²) in [6, 6.07) is 6.33. The third-order valence-corrected chi connectivity index (χ3v) is 5.39. The highest BCUT2D eigenvalue weighted by molar-refractivity contribution is 7.89. The van der Waals surface area contributed by atoms with Crippen LogP contribution in [-0.4, -0.2) is 46.1 Å². The fourth-order valence-electron chi connectivity index (χ4n) is 2.37. The van der Waals surface area contributed by atoms with Gasteiger partial charge in [0.15, 0.2) is 16.2 Å². The lowest BCUT2D eigenvalue weighted by Crippen LogP contribution is -2.42. The third-order valence-electron chi connectivity index (χ3n) is 3.50. The zero-order valence-corrected chi connectivity index (χ0v) is 12.8. The summed E-state index contributed by atoms with van der Waals surface area (Å²) in [6.45, 7) is 1.06. The van der Waals surface area contributed by atoms with Gasteiger partial charge in [0.2, 0.25) is 0 Å². The average Bonchev–Trinajstić information content (AvgIpc) is 2.54. The summed E-state index contributed by atoms with van der Waals surface area (Å²) in [5.41, 5.74) is -0.667. The number of nitrogens with zero attached hydrogens (tertiary/aromatic N) is 1. The van der Waals surface area contributed by atoms with Crippen LogP contribution in [0, 0.1) is 0 Å². The highest BCUT2D eigenvalue weighted by atomic mass is 32.2. The van der Waals surface area contributed by atoms with Crippen molar-refractivity contribution in [1.29, 1.82) is 0 Å². The second-order valence-electron chi connectivity index (χ2n) is 4.79. The molecule has 8 heteroatoms. The molecule has 2 heterocycles. The van der Waals surface area contributed by atoms with E-state index < -0.39 is 15.6 Å². The Kier molecular flexibility index (Phi) is 3.90. The predicted molar refractivity (Wildman–Crippen MR) is 78.6 cm³/mol. The summed E-state index contributed by atoms with van der Waals surface area (Å²) in [5, 5.41) is 0.491. The van der Waals surface area contributed by atoms with Crippen LogP contribution in [-0.2, 0) is 14.8 Å². The van der Waals surface area contributed by atoms with Crippen molar-refractivity contribution in [3.05, 3.63) is 34.7 Å². The molecule has 1 saturated heterocycles. The maximum Gasteiger partial charge on any atom is 0.356 e. The molecule has 3 rings (SSSR count). The van der Waals surface area contributed by atoms with Gasteiger partial charge in [-0.1, -0.05) is 12.1 Å². The minimum absolute atomic E-state index is 0.220. The zero-order valence-electron chi connectivity index (χ0n) is 11.9. The van der Waals surface area contributed by atoms with Gasteiger partial charge in [-0.3, -0.25) is 0 Å². The van der Waals surface area contributed by atoms with Gasteiger partial charge in [0, 0.05) is 18.5 Å². The van der Waals surface area contributed by atoms with Crippen LogP contribution in [0.5, 0.6) is 5.75 Å². The minimum Gasteiger partial charge on any atom is -0.493 e. The van der Waals surface area contributed by atoms with Crippen molar-refractivity contribution in [2.45, 2.75) is 4.90 Å². The molecule has 2 aromatic rings. The molecular weight excluding hydrogens is 310 g/mol. The van der Waals surface area contributed by atoms with Crippen LogP contribution in [0.1, 0.15) is 0 Å². The van der Waals surface area contributed by atoms with E-state index in [0.29, 0.717) is 24.3 Å². The quantitative estimate of drug-likeness (QED) is 0.777. The van der Waals surface area contributed by atoms with Gasteiger partial charge < -0.3 is 13.9 Å². The van der Waals surface area contributed by atoms with Gasteiger partial charge in [-0.05, 0) is 12.1 Å². The van der Waals surface area contributed by atoms with E-state index in [-0.39, 0.29) is 23.6 Å². The first-order chi connectivity index (χ1) is 10.5. The minimum atomic E-state index is -3.90. The van der Waals surface area contributed by atoms with Crippen LogP contribution < -0.4 is 10.4 Å². The summed E-state index contributed by atoms with van der Waals surface area (Å²) < 4.78 is 41.8. The Morgan fingerprint density at radius 1 is 1.23 bits per heavy atom. The first-order valence-corrected chi connectivity index (χ1v) is 8.17. The maximum atomic E-state index is 12.6. The fourth-order valence-corrected chi connectivity index (χ4v) is 3.80. The van der Waals surface area contributed by atoms with E-state index in [1.54, 1.807) is 18.2 Å². The number of fused-ring (bicyclic) bond motifs is 1. The first-order valence-electron chi connectivity index (χ1n) is 6.73. The first kappa shape index (κ1) is 15.0. The lowest BCUT2D eigenvalue weighted by molar-refractivity contribution is 0.0729. The molecule has 0 radical (unpaired) electrons. The second kappa shape index (κ2) is 5.71. The van der Waals surface area contributed by atoms with Crippen molar-refractivity contribution < 1.29 is 22.3 Å². The molecule has 0 unspecified atom stereocenters. The van der Waals surface area contributed by atoms with Gasteiger partial charge in [-0.2, -0.15) is 4.31 Å². The van der Waals surface area contributed by atoms with Crippen molar-refractivity contribution in [2.24, 2.45) is 0 Å². The molecule has 0 saturated carbocycles. The zero-order chi connectivity index (χ0) is 15.7. The van der Waals surface area contributed by atoms with Gasteiger partial charge >= 0.3 is 5.63 Å². The number of morpholine rings is 1. The molecule has 1 aromatic heterocycles. The topological polar surface area (TPSA) is 86.0 Å². The van der Waals surface area contributed by atoms with E-state index in [9.17, 15) is 13.2 Å². The molecule has 22 heavy (non-hydrogen) atoms. The standard InChI is InChI=1S/C14H15NO6S/c1-19-11-4-2-3-10-9-12(14(16)21-13(10)11)22(17,18)15-5-7-20-8-6-15/h2-4,9H,5-8H2,1H3. The van der Waals surface area contributed by atoms with E-state index in [1.807, 2.05) is 0 Å². The molecule has 118 valence electrons. The van der Waals surface area contributed by atoms with Crippen molar-refractivity contribution in [3.63, 3.8) is 0 Å². The van der Waals surface area contributed by atoms with Crippen molar-refractivity contribution in [2.75, 3.05) is 33.4 Å². The van der Waals surface area contributed by atoms with Crippen LogP contribution in [0.2, 0.25) is 0 Å². The van der Waals surface area contributed by atoms with Crippen LogP contribution >= 0.6 is 0 Å². The molecule has 0 atom stereocenters. The van der Waals surface area contributed by atoms with E-state index >= 15 is 0 Å². The molecule has 0 N–H and O–H groups in total. The van der Waals surface area contributed by atoms with Gasteiger partial charge in [0.25, 0.3) is 10.0 Å². The number of rotatable bonds is 3. The maximum absolute atomic E-state index is 12.6. The van der Waals surface area contributed by atoms with Crippen LogP contribution in [0.3, 0.4) is 0 Å². The summed E-state index contributed by atoms with van der Waals surface area (Å²) in [5.74, 6) is 0.380. The molecule has 1 aromatic carbocycles. The van der Waals surface area contributed by atoms with Crippen molar-refractivity contribution in [3.8, 4) is 5.75 Å². The number of hydrogen-bond donors (Lipinski definition) is 0. The highest BCUT2D eigenvalue weighted by Crippen LogP contribution is 2.26. The summed E-state index contributed by atoms with van der Waals surface area (Å²) in [7, 11) is -2.45. The Balaban J connectivity index is 2.15. The average molecular weight is 325 g/mol. The van der Waals surface area contributed by atoms with Gasteiger partial charge in [-0.15, -0.1) is 0 Å². The monoisotopic (exact) mass is 325 g/mol.